The van der Waals surface area contributed by atoms with Gasteiger partial charge in [-0.3, -0.25) is 4.79 Å². The molecule has 2 aliphatic rings. The lowest BCUT2D eigenvalue weighted by Crippen LogP contribution is -2.52. The summed E-state index contributed by atoms with van der Waals surface area (Å²) in [5.74, 6) is 7.04. The molecule has 4 rings (SSSR count). The standard InChI is InChI=1S/C24H35N5O2S/c1-13(2)16-7-8-19-21(9-16)32-23(27-19)20-10-17(30)11-28(20)24(31)22(14(3)4)29(26)12-18(25)15-5-6-15/h7-9,12-15,17,20,22,30H,5-6,10-11,25-26H2,1-4H3/b18-12-. The highest BCUT2D eigenvalue weighted by Gasteiger charge is 2.41. The van der Waals surface area contributed by atoms with Crippen LogP contribution in [0.5, 0.6) is 0 Å². The number of hydrogen-bond donors (Lipinski definition) is 3. The van der Waals surface area contributed by atoms with Gasteiger partial charge in [-0.25, -0.2) is 10.8 Å². The number of carbonyl (C=O) groups excluding carboxylic acids is 1. The summed E-state index contributed by atoms with van der Waals surface area (Å²) in [5, 5.41) is 12.8. The third-order valence-corrected chi connectivity index (χ3v) is 7.61. The quantitative estimate of drug-likeness (QED) is 0.434. The van der Waals surface area contributed by atoms with E-state index in [1.807, 2.05) is 19.9 Å². The van der Waals surface area contributed by atoms with Crippen LogP contribution in [0.25, 0.3) is 10.2 Å². The first-order valence-electron chi connectivity index (χ1n) is 11.5. The Kier molecular flexibility index (Phi) is 6.47. The van der Waals surface area contributed by atoms with Gasteiger partial charge in [0.2, 0.25) is 5.91 Å². The van der Waals surface area contributed by atoms with Crippen LogP contribution < -0.4 is 11.6 Å². The number of thiazole rings is 1. The molecule has 8 heteroatoms. The Balaban J connectivity index is 1.61. The molecule has 5 N–H and O–H groups in total. The summed E-state index contributed by atoms with van der Waals surface area (Å²) in [5.41, 5.74) is 9.09. The minimum Gasteiger partial charge on any atom is -0.401 e. The molecule has 2 fully saturated rings. The van der Waals surface area contributed by atoms with Crippen LogP contribution >= 0.6 is 11.3 Å². The molecule has 1 aromatic heterocycles. The van der Waals surface area contributed by atoms with Crippen molar-refractivity contribution < 1.29 is 9.90 Å². The second-order valence-electron chi connectivity index (χ2n) is 9.87. The summed E-state index contributed by atoms with van der Waals surface area (Å²) in [6, 6.07) is 5.54. The molecule has 1 aliphatic heterocycles. The van der Waals surface area contributed by atoms with Crippen molar-refractivity contribution in [3.05, 3.63) is 40.7 Å². The molecule has 1 saturated heterocycles. The molecular formula is C24H35N5O2S. The molecule has 2 aromatic rings. The summed E-state index contributed by atoms with van der Waals surface area (Å²) in [6.07, 6.45) is 3.78. The molecule has 174 valence electrons. The monoisotopic (exact) mass is 457 g/mol. The lowest BCUT2D eigenvalue weighted by molar-refractivity contribution is -0.139. The van der Waals surface area contributed by atoms with E-state index in [4.69, 9.17) is 16.6 Å². The number of carbonyl (C=O) groups is 1. The fourth-order valence-corrected chi connectivity index (χ4v) is 5.60. The first-order valence-corrected chi connectivity index (χ1v) is 12.4. The van der Waals surface area contributed by atoms with E-state index < -0.39 is 12.1 Å². The van der Waals surface area contributed by atoms with E-state index >= 15 is 0 Å². The van der Waals surface area contributed by atoms with Crippen molar-refractivity contribution in [2.24, 2.45) is 23.4 Å². The average molecular weight is 458 g/mol. The lowest BCUT2D eigenvalue weighted by atomic mass is 10.0. The van der Waals surface area contributed by atoms with Crippen LogP contribution in [0.4, 0.5) is 0 Å². The number of fused-ring (bicyclic) bond motifs is 1. The van der Waals surface area contributed by atoms with Gasteiger partial charge < -0.3 is 20.7 Å². The van der Waals surface area contributed by atoms with Crippen molar-refractivity contribution in [1.29, 1.82) is 0 Å². The number of amides is 1. The Morgan fingerprint density at radius 1 is 1.31 bits per heavy atom. The third kappa shape index (κ3) is 4.63. The zero-order chi connectivity index (χ0) is 23.2. The van der Waals surface area contributed by atoms with Gasteiger partial charge in [0.1, 0.15) is 11.0 Å². The number of benzene rings is 1. The summed E-state index contributed by atoms with van der Waals surface area (Å²) >= 11 is 1.61. The number of β-amino-alcohol motifs (C(OH)–C–C–N with tert-alkyl or cyclic N) is 1. The fourth-order valence-electron chi connectivity index (χ4n) is 4.45. The first-order chi connectivity index (χ1) is 15.2. The highest BCUT2D eigenvalue weighted by molar-refractivity contribution is 7.18. The molecule has 0 bridgehead atoms. The number of nitrogens with zero attached hydrogens (tertiary/aromatic N) is 3. The molecule has 1 amide bonds. The van der Waals surface area contributed by atoms with Crippen molar-refractivity contribution >= 4 is 27.5 Å². The Labute approximate surface area is 194 Å². The van der Waals surface area contributed by atoms with Crippen molar-refractivity contribution in [3.8, 4) is 0 Å². The number of likely N-dealkylation sites (tertiary alicyclic amines) is 1. The number of rotatable bonds is 7. The number of aromatic nitrogens is 1. The molecule has 2 heterocycles. The summed E-state index contributed by atoms with van der Waals surface area (Å²) in [4.78, 5) is 20.3. The Bertz CT molecular complexity index is 1010. The summed E-state index contributed by atoms with van der Waals surface area (Å²) < 4.78 is 1.11. The smallest absolute Gasteiger partial charge is 0.247 e. The maximum absolute atomic E-state index is 13.7. The number of hydrazine groups is 1. The largest absolute Gasteiger partial charge is 0.401 e. The van der Waals surface area contributed by atoms with E-state index in [2.05, 4.69) is 26.0 Å². The number of allylic oxidation sites excluding steroid dienone is 1. The number of aliphatic hydroxyl groups excluding tert-OH is 1. The van der Waals surface area contributed by atoms with Gasteiger partial charge in [-0.15, -0.1) is 11.3 Å². The molecular weight excluding hydrogens is 422 g/mol. The number of aliphatic hydroxyl groups is 1. The van der Waals surface area contributed by atoms with Gasteiger partial charge in [0.25, 0.3) is 0 Å². The molecule has 0 spiro atoms. The number of nitrogens with two attached hydrogens (primary N) is 2. The van der Waals surface area contributed by atoms with Gasteiger partial charge in [-0.05, 0) is 42.4 Å². The van der Waals surface area contributed by atoms with Crippen LogP contribution in [-0.2, 0) is 4.79 Å². The first kappa shape index (κ1) is 23.0. The van der Waals surface area contributed by atoms with Gasteiger partial charge in [0, 0.05) is 30.8 Å². The van der Waals surface area contributed by atoms with Gasteiger partial charge in [0.05, 0.1) is 22.4 Å². The van der Waals surface area contributed by atoms with Crippen LogP contribution in [0, 0.1) is 11.8 Å². The van der Waals surface area contributed by atoms with E-state index in [0.29, 0.717) is 18.3 Å². The van der Waals surface area contributed by atoms with Gasteiger partial charge >= 0.3 is 0 Å². The zero-order valence-corrected chi connectivity index (χ0v) is 20.2. The second-order valence-corrected chi connectivity index (χ2v) is 10.9. The van der Waals surface area contributed by atoms with Crippen molar-refractivity contribution in [3.63, 3.8) is 0 Å². The van der Waals surface area contributed by atoms with Crippen molar-refractivity contribution in [1.82, 2.24) is 14.9 Å². The number of hydrogen-bond acceptors (Lipinski definition) is 7. The fraction of sp³-hybridized carbons (Fsp3) is 0.583. The molecule has 1 aliphatic carbocycles. The molecule has 3 atom stereocenters. The molecule has 1 aromatic carbocycles. The minimum absolute atomic E-state index is 0.0156. The highest BCUT2D eigenvalue weighted by Crippen LogP contribution is 2.39. The van der Waals surface area contributed by atoms with Crippen molar-refractivity contribution in [2.75, 3.05) is 6.54 Å². The van der Waals surface area contributed by atoms with E-state index in [0.717, 1.165) is 33.8 Å². The second kappa shape index (κ2) is 9.00. The maximum Gasteiger partial charge on any atom is 0.247 e. The van der Waals surface area contributed by atoms with Crippen molar-refractivity contribution in [2.45, 2.75) is 71.1 Å². The normalized spacial score (nSPS) is 22.9. The van der Waals surface area contributed by atoms with Gasteiger partial charge in [-0.1, -0.05) is 33.8 Å². The van der Waals surface area contributed by atoms with Crippen LogP contribution in [0.3, 0.4) is 0 Å². The minimum atomic E-state index is -0.576. The molecule has 32 heavy (non-hydrogen) atoms. The average Bonchev–Trinajstić information content (AvgIpc) is 3.37. The van der Waals surface area contributed by atoms with E-state index in [1.165, 1.54) is 10.6 Å². The lowest BCUT2D eigenvalue weighted by Gasteiger charge is -2.34. The Morgan fingerprint density at radius 2 is 2.03 bits per heavy atom. The summed E-state index contributed by atoms with van der Waals surface area (Å²) in [6.45, 7) is 8.60. The van der Waals surface area contributed by atoms with Gasteiger partial charge in [0.15, 0.2) is 0 Å². The van der Waals surface area contributed by atoms with E-state index in [-0.39, 0.29) is 24.4 Å². The maximum atomic E-state index is 13.7. The Hall–Kier alpha value is -2.16. The van der Waals surface area contributed by atoms with E-state index in [9.17, 15) is 9.90 Å². The Morgan fingerprint density at radius 3 is 2.66 bits per heavy atom. The SMILES string of the molecule is CC(C)c1ccc2nc(C3CC(O)CN3C(=O)C(C(C)C)N(N)/C=C(\N)C3CC3)sc2c1. The molecule has 0 radical (unpaired) electrons. The predicted molar refractivity (Wildman–Crippen MR) is 128 cm³/mol. The molecule has 7 nitrogen and oxygen atoms in total. The highest BCUT2D eigenvalue weighted by atomic mass is 32.1. The van der Waals surface area contributed by atoms with Crippen LogP contribution in [0.15, 0.2) is 30.1 Å². The van der Waals surface area contributed by atoms with Crippen LogP contribution in [-0.4, -0.2) is 44.6 Å². The van der Waals surface area contributed by atoms with Gasteiger partial charge in [-0.2, -0.15) is 0 Å². The third-order valence-electron chi connectivity index (χ3n) is 6.50. The topological polar surface area (TPSA) is 109 Å². The van der Waals surface area contributed by atoms with Crippen LogP contribution in [0.2, 0.25) is 0 Å². The molecule has 1 saturated carbocycles. The summed E-state index contributed by atoms with van der Waals surface area (Å²) in [7, 11) is 0. The zero-order valence-electron chi connectivity index (χ0n) is 19.4. The molecule has 3 unspecified atom stereocenters. The van der Waals surface area contributed by atoms with E-state index in [1.54, 1.807) is 22.4 Å². The van der Waals surface area contributed by atoms with Crippen LogP contribution in [0.1, 0.15) is 69.5 Å². The predicted octanol–water partition coefficient (Wildman–Crippen LogP) is 3.46.